The molecule has 0 fully saturated rings. The fraction of sp³-hybridized carbons (Fsp3) is 0.250. The van der Waals surface area contributed by atoms with Crippen LogP contribution in [0.15, 0.2) is 53.7 Å². The van der Waals surface area contributed by atoms with Crippen LogP contribution in [-0.4, -0.2) is 28.9 Å². The summed E-state index contributed by atoms with van der Waals surface area (Å²) in [5, 5.41) is 19.7. The minimum Gasteiger partial charge on any atom is -0.331 e. The lowest BCUT2D eigenvalue weighted by molar-refractivity contribution is -0.890. The first-order chi connectivity index (χ1) is 13.0. The van der Waals surface area contributed by atoms with Crippen LogP contribution in [0.25, 0.3) is 5.69 Å². The van der Waals surface area contributed by atoms with Gasteiger partial charge in [-0.1, -0.05) is 41.6 Å². The Labute approximate surface area is 168 Å². The van der Waals surface area contributed by atoms with Gasteiger partial charge < -0.3 is 4.90 Å². The maximum absolute atomic E-state index is 9.30. The smallest absolute Gasteiger partial charge is 0.196 e. The highest BCUT2D eigenvalue weighted by Crippen LogP contribution is 2.28. The molecule has 0 amide bonds. The van der Waals surface area contributed by atoms with E-state index in [9.17, 15) is 5.26 Å². The van der Waals surface area contributed by atoms with E-state index < -0.39 is 0 Å². The molecule has 0 unspecified atom stereocenters. The number of aromatic nitrogens is 3. The first-order valence-electron chi connectivity index (χ1n) is 8.63. The molecule has 138 valence electrons. The number of thioether (sulfide) groups is 1. The highest BCUT2D eigenvalue weighted by Gasteiger charge is 2.23. The summed E-state index contributed by atoms with van der Waals surface area (Å²) in [6.45, 7) is 2.13. The molecule has 0 radical (unpaired) electrons. The summed E-state index contributed by atoms with van der Waals surface area (Å²) in [4.78, 5) is 1.27. The number of hydrogen-bond donors (Lipinski definition) is 1. The molecule has 5 nitrogen and oxygen atoms in total. The Hall–Kier alpha value is -2.33. The van der Waals surface area contributed by atoms with Gasteiger partial charge in [-0.05, 0) is 42.8 Å². The van der Waals surface area contributed by atoms with Gasteiger partial charge in [0, 0.05) is 16.5 Å². The molecule has 0 saturated heterocycles. The highest BCUT2D eigenvalue weighted by atomic mass is 35.5. The number of nitriles is 1. The van der Waals surface area contributed by atoms with E-state index >= 15 is 0 Å². The lowest BCUT2D eigenvalue weighted by atomic mass is 10.1. The van der Waals surface area contributed by atoms with Crippen LogP contribution in [0.3, 0.4) is 0 Å². The predicted molar refractivity (Wildman–Crippen MR) is 108 cm³/mol. The number of nitrogens with one attached hydrogen (secondary N) is 1. The van der Waals surface area contributed by atoms with Gasteiger partial charge in [-0.25, -0.2) is 0 Å². The van der Waals surface area contributed by atoms with Gasteiger partial charge in [-0.15, -0.1) is 10.2 Å². The molecular formula is C20H21ClN5S+. The molecule has 1 aromatic heterocycles. The van der Waals surface area contributed by atoms with Crippen molar-refractivity contribution < 1.29 is 4.90 Å². The second-order valence-electron chi connectivity index (χ2n) is 6.51. The second-order valence-corrected chi connectivity index (χ2v) is 7.89. The maximum atomic E-state index is 9.30. The van der Waals surface area contributed by atoms with Crippen molar-refractivity contribution in [3.05, 3.63) is 70.5 Å². The van der Waals surface area contributed by atoms with Gasteiger partial charge >= 0.3 is 0 Å². The monoisotopic (exact) mass is 398 g/mol. The van der Waals surface area contributed by atoms with Crippen molar-refractivity contribution in [1.29, 1.82) is 5.26 Å². The van der Waals surface area contributed by atoms with E-state index in [-0.39, 0.29) is 6.04 Å². The summed E-state index contributed by atoms with van der Waals surface area (Å²) in [5.74, 6) is 1.55. The third kappa shape index (κ3) is 4.33. The van der Waals surface area contributed by atoms with Gasteiger partial charge in [-0.3, -0.25) is 4.57 Å². The summed E-state index contributed by atoms with van der Waals surface area (Å²) in [6.07, 6.45) is 0. The van der Waals surface area contributed by atoms with Gasteiger partial charge in [0.25, 0.3) is 0 Å². The summed E-state index contributed by atoms with van der Waals surface area (Å²) < 4.78 is 2.08. The molecule has 2 aromatic carbocycles. The van der Waals surface area contributed by atoms with E-state index in [0.29, 0.717) is 16.3 Å². The fourth-order valence-electron chi connectivity index (χ4n) is 2.64. The number of hydrogen-bond acceptors (Lipinski definition) is 4. The Morgan fingerprint density at radius 1 is 1.15 bits per heavy atom. The number of nitrogens with zero attached hydrogens (tertiary/aromatic N) is 4. The van der Waals surface area contributed by atoms with Gasteiger partial charge in [-0.2, -0.15) is 5.26 Å². The van der Waals surface area contributed by atoms with Crippen molar-refractivity contribution in [2.75, 3.05) is 14.1 Å². The van der Waals surface area contributed by atoms with Crippen molar-refractivity contribution in [1.82, 2.24) is 14.8 Å². The minimum atomic E-state index is 0.175. The van der Waals surface area contributed by atoms with Crippen LogP contribution in [0, 0.1) is 11.3 Å². The summed E-state index contributed by atoms with van der Waals surface area (Å²) in [6, 6.07) is 17.7. The molecule has 1 atom stereocenters. The Kier molecular flexibility index (Phi) is 6.17. The SMILES string of the molecule is C[C@@H](c1nnc(SCc2ccccc2C#N)n1-c1ccc(Cl)cc1)[NH+](C)C. The summed E-state index contributed by atoms with van der Waals surface area (Å²) in [5.41, 5.74) is 2.65. The average Bonchev–Trinajstić information content (AvgIpc) is 3.10. The molecule has 0 spiro atoms. The molecular weight excluding hydrogens is 378 g/mol. The molecule has 0 aliphatic rings. The van der Waals surface area contributed by atoms with Crippen molar-refractivity contribution in [2.24, 2.45) is 0 Å². The molecule has 7 heteroatoms. The third-order valence-electron chi connectivity index (χ3n) is 4.49. The summed E-state index contributed by atoms with van der Waals surface area (Å²) in [7, 11) is 4.20. The molecule has 0 saturated carbocycles. The normalized spacial score (nSPS) is 12.1. The average molecular weight is 399 g/mol. The Bertz CT molecular complexity index is 959. The van der Waals surface area contributed by atoms with E-state index in [0.717, 1.165) is 22.2 Å². The second kappa shape index (κ2) is 8.57. The third-order valence-corrected chi connectivity index (χ3v) is 5.72. The first-order valence-corrected chi connectivity index (χ1v) is 9.99. The van der Waals surface area contributed by atoms with E-state index in [1.165, 1.54) is 4.90 Å². The Morgan fingerprint density at radius 3 is 2.52 bits per heavy atom. The molecule has 3 aromatic rings. The van der Waals surface area contributed by atoms with Crippen LogP contribution in [0.5, 0.6) is 0 Å². The van der Waals surface area contributed by atoms with Crippen molar-refractivity contribution >= 4 is 23.4 Å². The van der Waals surface area contributed by atoms with Crippen LogP contribution >= 0.6 is 23.4 Å². The van der Waals surface area contributed by atoms with Gasteiger partial charge in [0.05, 0.1) is 25.7 Å². The molecule has 1 heterocycles. The first kappa shape index (κ1) is 19.4. The zero-order valence-electron chi connectivity index (χ0n) is 15.5. The number of halogens is 1. The van der Waals surface area contributed by atoms with Crippen molar-refractivity contribution in [3.8, 4) is 11.8 Å². The largest absolute Gasteiger partial charge is 0.331 e. The molecule has 1 N–H and O–H groups in total. The maximum Gasteiger partial charge on any atom is 0.196 e. The zero-order valence-corrected chi connectivity index (χ0v) is 17.1. The zero-order chi connectivity index (χ0) is 19.4. The van der Waals surface area contributed by atoms with Crippen LogP contribution in [0.2, 0.25) is 5.02 Å². The predicted octanol–water partition coefficient (Wildman–Crippen LogP) is 3.29. The van der Waals surface area contributed by atoms with Crippen LogP contribution in [0.1, 0.15) is 29.9 Å². The number of benzene rings is 2. The topological polar surface area (TPSA) is 58.9 Å². The number of quaternary nitrogens is 1. The highest BCUT2D eigenvalue weighted by molar-refractivity contribution is 7.98. The Morgan fingerprint density at radius 2 is 1.85 bits per heavy atom. The molecule has 27 heavy (non-hydrogen) atoms. The lowest BCUT2D eigenvalue weighted by Crippen LogP contribution is -3.05. The molecule has 0 aliphatic heterocycles. The van der Waals surface area contributed by atoms with Gasteiger partial charge in [0.15, 0.2) is 11.0 Å². The van der Waals surface area contributed by atoms with Crippen LogP contribution < -0.4 is 4.90 Å². The van der Waals surface area contributed by atoms with Gasteiger partial charge in [0.1, 0.15) is 6.04 Å². The quantitative estimate of drug-likeness (QED) is 0.647. The van der Waals surface area contributed by atoms with E-state index in [1.54, 1.807) is 11.8 Å². The molecule has 0 bridgehead atoms. The number of rotatable bonds is 6. The lowest BCUT2D eigenvalue weighted by Gasteiger charge is -2.18. The van der Waals surface area contributed by atoms with Crippen molar-refractivity contribution in [3.63, 3.8) is 0 Å². The minimum absolute atomic E-state index is 0.175. The molecule has 0 aliphatic carbocycles. The van der Waals surface area contributed by atoms with Crippen molar-refractivity contribution in [2.45, 2.75) is 23.9 Å². The Balaban J connectivity index is 1.97. The summed E-state index contributed by atoms with van der Waals surface area (Å²) >= 11 is 7.63. The van der Waals surface area contributed by atoms with Gasteiger partial charge in [0.2, 0.25) is 0 Å². The van der Waals surface area contributed by atoms with E-state index in [4.69, 9.17) is 11.6 Å². The van der Waals surface area contributed by atoms with E-state index in [1.807, 2.05) is 48.5 Å². The van der Waals surface area contributed by atoms with Crippen LogP contribution in [-0.2, 0) is 5.75 Å². The van der Waals surface area contributed by atoms with E-state index in [2.05, 4.69) is 41.9 Å². The van der Waals surface area contributed by atoms with Crippen LogP contribution in [0.4, 0.5) is 0 Å². The molecule has 3 rings (SSSR count). The fourth-order valence-corrected chi connectivity index (χ4v) is 3.73. The standard InChI is InChI=1S/C20H20ClN5S/c1-14(25(2)3)19-23-24-20(26(19)18-10-8-17(21)9-11-18)27-13-16-7-5-4-6-15(16)12-22/h4-11,14H,13H2,1-3H3/p+1/t14-/m0/s1.